The molecule has 2 N–H and O–H groups in total. The molecular formula is C24H24N6O5S2. The molecule has 3 aromatic rings. The number of nitrogens with one attached hydrogen (secondary N) is 2. The Morgan fingerprint density at radius 1 is 1.11 bits per heavy atom. The average molecular weight is 541 g/mol. The minimum Gasteiger partial charge on any atom is -0.496 e. The van der Waals surface area contributed by atoms with E-state index >= 15 is 0 Å². The van der Waals surface area contributed by atoms with Crippen LogP contribution < -0.4 is 9.46 Å². The highest BCUT2D eigenvalue weighted by Gasteiger charge is 2.28. The fourth-order valence-electron chi connectivity index (χ4n) is 4.01. The molecule has 4 rings (SSSR count). The molecule has 2 amide bonds. The zero-order valence-corrected chi connectivity index (χ0v) is 21.5. The number of methoxy groups -OCH3 is 1. The highest BCUT2D eigenvalue weighted by molar-refractivity contribution is 7.93. The maximum Gasteiger partial charge on any atom is 0.274 e. The Bertz CT molecular complexity index is 1500. The van der Waals surface area contributed by atoms with Crippen molar-refractivity contribution >= 4 is 51.1 Å². The van der Waals surface area contributed by atoms with E-state index in [0.717, 1.165) is 0 Å². The van der Waals surface area contributed by atoms with E-state index in [1.807, 2.05) is 0 Å². The minimum absolute atomic E-state index is 0.0336. The average Bonchev–Trinajstić information content (AvgIpc) is 2.92. The number of thiol groups is 1. The van der Waals surface area contributed by atoms with Crippen LogP contribution in [0.2, 0.25) is 0 Å². The molecule has 192 valence electrons. The molecule has 13 heteroatoms. The van der Waals surface area contributed by atoms with Crippen molar-refractivity contribution < 1.29 is 22.7 Å². The number of fused-ring (bicyclic) bond motifs is 1. The lowest BCUT2D eigenvalue weighted by Gasteiger charge is -2.34. The first kappa shape index (κ1) is 26.1. The Labute approximate surface area is 219 Å². The Morgan fingerprint density at radius 2 is 1.81 bits per heavy atom. The van der Waals surface area contributed by atoms with Gasteiger partial charge >= 0.3 is 0 Å². The number of amides is 2. The van der Waals surface area contributed by atoms with Gasteiger partial charge in [0.05, 0.1) is 23.9 Å². The topological polar surface area (TPSA) is 145 Å². The molecule has 0 spiro atoms. The first-order valence-electron chi connectivity index (χ1n) is 11.1. The molecule has 1 saturated heterocycles. The fraction of sp³-hybridized carbons (Fsp3) is 0.208. The summed E-state index contributed by atoms with van der Waals surface area (Å²) in [7, 11) is -2.58. The number of para-hydroxylation sites is 1. The van der Waals surface area contributed by atoms with Crippen LogP contribution in [0.4, 0.5) is 5.69 Å². The van der Waals surface area contributed by atoms with E-state index in [9.17, 15) is 18.0 Å². The number of hydrogen-bond donors (Lipinski definition) is 3. The summed E-state index contributed by atoms with van der Waals surface area (Å²) in [5.41, 5.74) is 7.82. The van der Waals surface area contributed by atoms with Gasteiger partial charge in [0.2, 0.25) is 0 Å². The minimum atomic E-state index is -3.98. The van der Waals surface area contributed by atoms with Gasteiger partial charge in [-0.3, -0.25) is 19.3 Å². The Balaban J connectivity index is 1.51. The van der Waals surface area contributed by atoms with Gasteiger partial charge in [-0.2, -0.15) is 5.11 Å². The van der Waals surface area contributed by atoms with Gasteiger partial charge in [-0.1, -0.05) is 18.2 Å². The number of nitrogens with zero attached hydrogens (tertiary/aromatic N) is 4. The predicted octanol–water partition coefficient (Wildman–Crippen LogP) is 3.13. The Hall–Kier alpha value is -3.97. The number of rotatable bonds is 7. The van der Waals surface area contributed by atoms with Gasteiger partial charge in [-0.05, 0) is 24.3 Å². The summed E-state index contributed by atoms with van der Waals surface area (Å²) in [6, 6.07) is 12.8. The largest absolute Gasteiger partial charge is 0.496 e. The summed E-state index contributed by atoms with van der Waals surface area (Å²) in [6.07, 6.45) is 1.53. The van der Waals surface area contributed by atoms with E-state index in [1.165, 1.54) is 47.9 Å². The number of benzene rings is 2. The monoisotopic (exact) mass is 540 g/mol. The van der Waals surface area contributed by atoms with Crippen LogP contribution >= 0.6 is 12.6 Å². The van der Waals surface area contributed by atoms with Gasteiger partial charge in [0.25, 0.3) is 21.8 Å². The molecular weight excluding hydrogens is 516 g/mol. The van der Waals surface area contributed by atoms with E-state index in [2.05, 4.69) is 27.4 Å². The Morgan fingerprint density at radius 3 is 2.49 bits per heavy atom. The van der Waals surface area contributed by atoms with E-state index < -0.39 is 15.9 Å². The van der Waals surface area contributed by atoms with Gasteiger partial charge in [0, 0.05) is 49.2 Å². The summed E-state index contributed by atoms with van der Waals surface area (Å²) in [5.74, 6) is -0.535. The summed E-state index contributed by atoms with van der Waals surface area (Å²) in [4.78, 5) is 32.9. The molecule has 2 aromatic carbocycles. The van der Waals surface area contributed by atoms with Crippen molar-refractivity contribution in [3.05, 3.63) is 71.4 Å². The molecule has 0 atom stereocenters. The zero-order chi connectivity index (χ0) is 26.6. The number of carbonyl (C=O) groups excluding carboxylic acids is 2. The van der Waals surface area contributed by atoms with Crippen LogP contribution in [-0.4, -0.2) is 68.3 Å². The van der Waals surface area contributed by atoms with Crippen LogP contribution in [0.5, 0.6) is 5.75 Å². The van der Waals surface area contributed by atoms with Crippen LogP contribution in [0.15, 0.2) is 75.8 Å². The summed E-state index contributed by atoms with van der Waals surface area (Å²) < 4.78 is 34.2. The molecule has 1 aliphatic rings. The summed E-state index contributed by atoms with van der Waals surface area (Å²) in [5, 5.41) is 5.03. The second-order valence-electron chi connectivity index (χ2n) is 8.06. The maximum atomic E-state index is 13.2. The van der Waals surface area contributed by atoms with E-state index in [-0.39, 0.29) is 59.7 Å². The SMILES string of the molecule is COc1cc(NS(=O)(=O)c2cccc3cccnc23)ccc1C(=O)N1CCN(C(=O)/C(=C/S)N=N)CC1. The molecule has 0 bridgehead atoms. The Kier molecular flexibility index (Phi) is 7.74. The molecule has 0 unspecified atom stereocenters. The number of ether oxygens (including phenoxy) is 1. The lowest BCUT2D eigenvalue weighted by atomic mass is 10.1. The van der Waals surface area contributed by atoms with Gasteiger partial charge in [-0.15, -0.1) is 12.6 Å². The zero-order valence-electron chi connectivity index (χ0n) is 19.8. The second-order valence-corrected chi connectivity index (χ2v) is 9.97. The van der Waals surface area contributed by atoms with E-state index in [1.54, 1.807) is 29.2 Å². The van der Waals surface area contributed by atoms with Gasteiger partial charge in [-0.25, -0.2) is 13.9 Å². The number of anilines is 1. The van der Waals surface area contributed by atoms with Gasteiger partial charge < -0.3 is 14.5 Å². The van der Waals surface area contributed by atoms with Gasteiger partial charge in [0.15, 0.2) is 5.70 Å². The molecule has 1 aliphatic heterocycles. The number of pyridine rings is 1. The molecule has 0 aliphatic carbocycles. The van der Waals surface area contributed by atoms with Crippen molar-refractivity contribution in [2.75, 3.05) is 38.0 Å². The van der Waals surface area contributed by atoms with Crippen LogP contribution in [0.25, 0.3) is 10.9 Å². The van der Waals surface area contributed by atoms with Crippen LogP contribution in [0.1, 0.15) is 10.4 Å². The van der Waals surface area contributed by atoms with Crippen molar-refractivity contribution in [2.24, 2.45) is 5.11 Å². The van der Waals surface area contributed by atoms with Crippen LogP contribution in [0, 0.1) is 5.53 Å². The van der Waals surface area contributed by atoms with E-state index in [4.69, 9.17) is 10.3 Å². The van der Waals surface area contributed by atoms with Crippen molar-refractivity contribution in [3.8, 4) is 5.75 Å². The van der Waals surface area contributed by atoms with E-state index in [0.29, 0.717) is 10.9 Å². The fourth-order valence-corrected chi connectivity index (χ4v) is 5.41. The lowest BCUT2D eigenvalue weighted by molar-refractivity contribution is -0.128. The lowest BCUT2D eigenvalue weighted by Crippen LogP contribution is -2.50. The molecule has 11 nitrogen and oxygen atoms in total. The third-order valence-corrected chi connectivity index (χ3v) is 7.54. The predicted molar refractivity (Wildman–Crippen MR) is 140 cm³/mol. The molecule has 0 saturated carbocycles. The maximum absolute atomic E-state index is 13.2. The molecule has 0 radical (unpaired) electrons. The first-order valence-corrected chi connectivity index (χ1v) is 13.1. The molecule has 1 aromatic heterocycles. The number of piperazine rings is 1. The van der Waals surface area contributed by atoms with Crippen molar-refractivity contribution in [1.29, 1.82) is 5.53 Å². The molecule has 37 heavy (non-hydrogen) atoms. The van der Waals surface area contributed by atoms with Crippen LogP contribution in [-0.2, 0) is 14.8 Å². The number of aromatic nitrogens is 1. The summed E-state index contributed by atoms with van der Waals surface area (Å²) >= 11 is 3.90. The second kappa shape index (κ2) is 11.0. The van der Waals surface area contributed by atoms with Gasteiger partial charge in [0.1, 0.15) is 10.6 Å². The van der Waals surface area contributed by atoms with Crippen molar-refractivity contribution in [3.63, 3.8) is 0 Å². The van der Waals surface area contributed by atoms with Crippen LogP contribution in [0.3, 0.4) is 0 Å². The molecule has 1 fully saturated rings. The normalized spacial score (nSPS) is 14.4. The highest BCUT2D eigenvalue weighted by atomic mass is 32.2. The third-order valence-electron chi connectivity index (χ3n) is 5.89. The number of carbonyl (C=O) groups is 2. The quantitative estimate of drug-likeness (QED) is 0.239. The first-order chi connectivity index (χ1) is 17.8. The highest BCUT2D eigenvalue weighted by Crippen LogP contribution is 2.28. The number of sulfonamides is 1. The standard InChI is InChI=1S/C24H24N6O5S2/c1-35-20-14-17(28-37(33,34)21-6-2-4-16-5-3-9-26-22(16)21)7-8-18(20)23(31)29-10-12-30(13-11-29)24(32)19(15-36)27-25/h2-9,14-15,25,28,36H,10-13H2,1H3/b19-15-,27-25?. The third kappa shape index (κ3) is 5.42. The summed E-state index contributed by atoms with van der Waals surface area (Å²) in [6.45, 7) is 1.08. The van der Waals surface area contributed by atoms with Crippen molar-refractivity contribution in [1.82, 2.24) is 14.8 Å². The smallest absolute Gasteiger partial charge is 0.274 e. The van der Waals surface area contributed by atoms with Crippen molar-refractivity contribution in [2.45, 2.75) is 4.90 Å². The molecule has 2 heterocycles. The number of hydrogen-bond acceptors (Lipinski definition) is 9.